The number of benzene rings is 3. The fraction of sp³-hybridized carbons (Fsp3) is 0.421. The third-order valence-electron chi connectivity index (χ3n) is 12.2. The highest BCUT2D eigenvalue weighted by Crippen LogP contribution is 2.71. The van der Waals surface area contributed by atoms with Gasteiger partial charge in [-0.25, -0.2) is 0 Å². The lowest BCUT2D eigenvalue weighted by Crippen LogP contribution is -2.50. The first-order valence-corrected chi connectivity index (χ1v) is 15.7. The van der Waals surface area contributed by atoms with Gasteiger partial charge in [0.15, 0.2) is 0 Å². The Morgan fingerprint density at radius 1 is 0.952 bits per heavy atom. The summed E-state index contributed by atoms with van der Waals surface area (Å²) in [5.41, 5.74) is 10.1. The summed E-state index contributed by atoms with van der Waals surface area (Å²) in [5, 5.41) is 27.7. The predicted octanol–water partition coefficient (Wildman–Crippen LogP) is 8.62. The molecule has 7 rings (SSSR count). The number of aromatic hydroxyl groups is 2. The van der Waals surface area contributed by atoms with Crippen molar-refractivity contribution >= 4 is 11.4 Å². The summed E-state index contributed by atoms with van der Waals surface area (Å²) in [5.74, 6) is 1.55. The number of anilines is 2. The molecule has 42 heavy (non-hydrogen) atoms. The summed E-state index contributed by atoms with van der Waals surface area (Å²) in [6.07, 6.45) is 7.65. The van der Waals surface area contributed by atoms with Gasteiger partial charge in [0.05, 0.1) is 11.4 Å². The van der Waals surface area contributed by atoms with Gasteiger partial charge in [-0.05, 0) is 103 Å². The molecule has 0 amide bonds. The predicted molar refractivity (Wildman–Crippen MR) is 173 cm³/mol. The minimum atomic E-state index is -0.632. The second kappa shape index (κ2) is 9.17. The maximum Gasteiger partial charge on any atom is 0.126 e. The summed E-state index contributed by atoms with van der Waals surface area (Å²) in [4.78, 5) is 2.63. The van der Waals surface area contributed by atoms with Crippen molar-refractivity contribution < 1.29 is 10.2 Å². The fourth-order valence-electron chi connectivity index (χ4n) is 9.53. The molecule has 0 radical (unpaired) electrons. The Morgan fingerprint density at radius 2 is 1.62 bits per heavy atom. The molecule has 6 atom stereocenters. The zero-order valence-corrected chi connectivity index (χ0v) is 26.0. The van der Waals surface area contributed by atoms with Crippen LogP contribution in [0.5, 0.6) is 11.5 Å². The molecule has 1 fully saturated rings. The van der Waals surface area contributed by atoms with E-state index in [4.69, 9.17) is 0 Å². The van der Waals surface area contributed by atoms with Gasteiger partial charge in [0.25, 0.3) is 0 Å². The molecule has 3 aromatic rings. The molecule has 4 heteroatoms. The van der Waals surface area contributed by atoms with Gasteiger partial charge in [-0.1, -0.05) is 63.2 Å². The van der Waals surface area contributed by atoms with Crippen LogP contribution in [0.1, 0.15) is 79.3 Å². The lowest BCUT2D eigenvalue weighted by molar-refractivity contribution is 0.112. The Kier molecular flexibility index (Phi) is 5.94. The van der Waals surface area contributed by atoms with E-state index in [1.54, 1.807) is 0 Å². The highest BCUT2D eigenvalue weighted by Gasteiger charge is 2.66. The summed E-state index contributed by atoms with van der Waals surface area (Å²) in [7, 11) is 2.01. The summed E-state index contributed by atoms with van der Waals surface area (Å²) >= 11 is 0. The SMILES string of the molecule is CC[C@@]1(c2c(O)c(C)c(C)c(C)c2O)c2ccccc2C2C=CC3=C(C2)C1(C)C(C)C1CC1N3c1ccccc1NC. The molecule has 4 aliphatic rings. The molecule has 2 bridgehead atoms. The molecular weight excluding hydrogens is 516 g/mol. The highest BCUT2D eigenvalue weighted by atomic mass is 16.3. The molecule has 0 aromatic heterocycles. The number of hydrogen-bond acceptors (Lipinski definition) is 4. The molecule has 3 aliphatic carbocycles. The fourth-order valence-corrected chi connectivity index (χ4v) is 9.53. The molecule has 1 heterocycles. The average Bonchev–Trinajstić information content (AvgIpc) is 3.82. The molecule has 1 saturated carbocycles. The largest absolute Gasteiger partial charge is 0.507 e. The van der Waals surface area contributed by atoms with Crippen molar-refractivity contribution in [1.29, 1.82) is 0 Å². The number of allylic oxidation sites excluding steroid dienone is 3. The summed E-state index contributed by atoms with van der Waals surface area (Å²) in [6, 6.07) is 18.0. The topological polar surface area (TPSA) is 55.7 Å². The molecule has 1 aliphatic heterocycles. The van der Waals surface area contributed by atoms with Crippen LogP contribution in [0.4, 0.5) is 11.4 Å². The van der Waals surface area contributed by atoms with E-state index in [0.717, 1.165) is 41.6 Å². The van der Waals surface area contributed by atoms with Gasteiger partial charge in [0.1, 0.15) is 11.5 Å². The van der Waals surface area contributed by atoms with Crippen LogP contribution >= 0.6 is 0 Å². The minimum Gasteiger partial charge on any atom is -0.507 e. The van der Waals surface area contributed by atoms with Crippen LogP contribution in [0.15, 0.2) is 72.0 Å². The van der Waals surface area contributed by atoms with E-state index < -0.39 is 5.41 Å². The number of nitrogens with zero attached hydrogens (tertiary/aromatic N) is 1. The maximum absolute atomic E-state index is 12.1. The third kappa shape index (κ3) is 3.19. The van der Waals surface area contributed by atoms with Crippen molar-refractivity contribution in [3.8, 4) is 11.5 Å². The maximum atomic E-state index is 12.1. The van der Waals surface area contributed by atoms with Crippen LogP contribution in [0.3, 0.4) is 0 Å². The smallest absolute Gasteiger partial charge is 0.126 e. The van der Waals surface area contributed by atoms with Crippen molar-refractivity contribution in [3.05, 3.63) is 105 Å². The monoisotopic (exact) mass is 560 g/mol. The number of nitrogens with one attached hydrogen (secondary N) is 1. The van der Waals surface area contributed by atoms with Crippen LogP contribution in [0.2, 0.25) is 0 Å². The minimum absolute atomic E-state index is 0.243. The van der Waals surface area contributed by atoms with Crippen molar-refractivity contribution in [2.75, 3.05) is 17.3 Å². The average molecular weight is 561 g/mol. The zero-order valence-electron chi connectivity index (χ0n) is 26.0. The van der Waals surface area contributed by atoms with Gasteiger partial charge < -0.3 is 20.4 Å². The number of phenols is 2. The van der Waals surface area contributed by atoms with Gasteiger partial charge in [0, 0.05) is 41.1 Å². The second-order valence-electron chi connectivity index (χ2n) is 13.4. The standard InChI is InChI=1S/C38H44N2O2/c1-8-38(34-35(41)22(3)21(2)23(4)36(34)42)28-14-10-9-13-26(28)25-17-18-31-29(19-25)37(38,6)24(5)27-20-33(27)40(31)32-16-12-11-15-30(32)39-7/h9-18,24-25,27,33,39,41-42H,8,19-20H2,1-7H3/t24?,25?,27?,33?,37?,38-/m0/s1. The van der Waals surface area contributed by atoms with Gasteiger partial charge >= 0.3 is 0 Å². The third-order valence-corrected chi connectivity index (χ3v) is 12.2. The van der Waals surface area contributed by atoms with Crippen molar-refractivity contribution in [1.82, 2.24) is 0 Å². The number of para-hydroxylation sites is 2. The Labute approximate surface area is 250 Å². The van der Waals surface area contributed by atoms with Crippen LogP contribution < -0.4 is 10.2 Å². The Morgan fingerprint density at radius 3 is 2.31 bits per heavy atom. The van der Waals surface area contributed by atoms with E-state index in [0.29, 0.717) is 23.4 Å². The van der Waals surface area contributed by atoms with E-state index in [-0.39, 0.29) is 22.8 Å². The summed E-state index contributed by atoms with van der Waals surface area (Å²) < 4.78 is 0. The highest BCUT2D eigenvalue weighted by molar-refractivity contribution is 5.76. The molecule has 5 unspecified atom stereocenters. The molecule has 0 saturated heterocycles. The van der Waals surface area contributed by atoms with Crippen LogP contribution in [0.25, 0.3) is 0 Å². The molecule has 0 spiro atoms. The van der Waals surface area contributed by atoms with E-state index in [1.165, 1.54) is 28.1 Å². The Bertz CT molecular complexity index is 1660. The van der Waals surface area contributed by atoms with Gasteiger partial charge in [-0.2, -0.15) is 0 Å². The number of hydrogen-bond donors (Lipinski definition) is 3. The van der Waals surface area contributed by atoms with Gasteiger partial charge in [-0.15, -0.1) is 0 Å². The first-order valence-electron chi connectivity index (χ1n) is 15.7. The number of fused-ring (bicyclic) bond motifs is 4. The molecular formula is C38H44N2O2. The lowest BCUT2D eigenvalue weighted by Gasteiger charge is -2.54. The van der Waals surface area contributed by atoms with E-state index in [1.807, 2.05) is 27.8 Å². The molecule has 4 nitrogen and oxygen atoms in total. The van der Waals surface area contributed by atoms with E-state index in [9.17, 15) is 10.2 Å². The lowest BCUT2D eigenvalue weighted by atomic mass is 9.48. The van der Waals surface area contributed by atoms with Crippen LogP contribution in [-0.2, 0) is 5.41 Å². The second-order valence-corrected chi connectivity index (χ2v) is 13.4. The van der Waals surface area contributed by atoms with Crippen molar-refractivity contribution in [2.24, 2.45) is 17.3 Å². The zero-order chi connectivity index (χ0) is 29.7. The van der Waals surface area contributed by atoms with E-state index in [2.05, 4.69) is 91.7 Å². The first-order chi connectivity index (χ1) is 20.1. The summed E-state index contributed by atoms with van der Waals surface area (Å²) in [6.45, 7) is 13.2. The van der Waals surface area contributed by atoms with E-state index >= 15 is 0 Å². The normalized spacial score (nSPS) is 30.8. The first kappa shape index (κ1) is 27.2. The van der Waals surface area contributed by atoms with Crippen molar-refractivity contribution in [2.45, 2.75) is 78.2 Å². The quantitative estimate of drug-likeness (QED) is 0.299. The van der Waals surface area contributed by atoms with Crippen molar-refractivity contribution in [3.63, 3.8) is 0 Å². The number of rotatable bonds is 4. The molecule has 3 aromatic carbocycles. The molecule has 3 N–H and O–H groups in total. The molecule has 218 valence electrons. The van der Waals surface area contributed by atoms with Gasteiger partial charge in [0.2, 0.25) is 0 Å². The van der Waals surface area contributed by atoms with Gasteiger partial charge in [-0.3, -0.25) is 0 Å². The Hall–Kier alpha value is -3.66. The van der Waals surface area contributed by atoms with Crippen LogP contribution in [0, 0.1) is 38.0 Å². The Balaban J connectivity index is 1.64. The van der Waals surface area contributed by atoms with Crippen LogP contribution in [-0.4, -0.2) is 23.3 Å². The number of phenolic OH excluding ortho intramolecular Hbond substituents is 2.